The summed E-state index contributed by atoms with van der Waals surface area (Å²) in [6.07, 6.45) is 4.10. The Balaban J connectivity index is 1.58. The van der Waals surface area contributed by atoms with Crippen LogP contribution in [0.3, 0.4) is 0 Å². The van der Waals surface area contributed by atoms with Crippen molar-refractivity contribution in [3.8, 4) is 0 Å². The molecule has 0 aliphatic carbocycles. The van der Waals surface area contributed by atoms with E-state index in [9.17, 15) is 4.79 Å². The zero-order valence-corrected chi connectivity index (χ0v) is 16.5. The topological polar surface area (TPSA) is 73.2 Å². The number of rotatable bonds is 4. The molecule has 0 aromatic carbocycles. The zero-order valence-electron chi connectivity index (χ0n) is 16.5. The molecule has 4 rings (SSSR count). The van der Waals surface area contributed by atoms with E-state index in [1.165, 1.54) is 4.68 Å². The molecule has 27 heavy (non-hydrogen) atoms. The summed E-state index contributed by atoms with van der Waals surface area (Å²) in [7, 11) is 1.73. The first-order valence-corrected chi connectivity index (χ1v) is 9.65. The Morgan fingerprint density at radius 3 is 2.89 bits per heavy atom. The third-order valence-electron chi connectivity index (χ3n) is 5.47. The molecule has 1 atom stereocenters. The standard InChI is InChI=1S/C19H27N7O/c1-5-25-18(22-23(4)19(25)27)15-7-6-8-24(11-15)12-16-10-20-26-14(3)9-13(2)21-17(16)26/h9-10,15H,5-8,11-12H2,1-4H3/t15-/m0/s1. The molecule has 1 saturated heterocycles. The highest BCUT2D eigenvalue weighted by atomic mass is 16.2. The number of aryl methyl sites for hydroxylation is 3. The molecule has 8 heteroatoms. The molecule has 0 spiro atoms. The Morgan fingerprint density at radius 1 is 1.30 bits per heavy atom. The SMILES string of the molecule is CCn1c([C@H]2CCCN(Cc3cnn4c(C)cc(C)nc34)C2)nn(C)c1=O. The molecule has 8 nitrogen and oxygen atoms in total. The molecule has 0 saturated carbocycles. The zero-order chi connectivity index (χ0) is 19.1. The van der Waals surface area contributed by atoms with Crippen LogP contribution in [-0.4, -0.2) is 46.9 Å². The van der Waals surface area contributed by atoms with Crippen LogP contribution in [0, 0.1) is 13.8 Å². The van der Waals surface area contributed by atoms with Gasteiger partial charge >= 0.3 is 5.69 Å². The van der Waals surface area contributed by atoms with Gasteiger partial charge in [-0.25, -0.2) is 19.0 Å². The fourth-order valence-corrected chi connectivity index (χ4v) is 4.20. The van der Waals surface area contributed by atoms with Gasteiger partial charge < -0.3 is 0 Å². The van der Waals surface area contributed by atoms with Gasteiger partial charge in [-0.1, -0.05) is 0 Å². The van der Waals surface area contributed by atoms with Crippen molar-refractivity contribution >= 4 is 5.65 Å². The number of hydrogen-bond acceptors (Lipinski definition) is 5. The summed E-state index contributed by atoms with van der Waals surface area (Å²) in [5.74, 6) is 1.20. The van der Waals surface area contributed by atoms with Gasteiger partial charge in [-0.2, -0.15) is 10.2 Å². The lowest BCUT2D eigenvalue weighted by Gasteiger charge is -2.31. The van der Waals surface area contributed by atoms with Crippen LogP contribution in [-0.2, 0) is 20.1 Å². The number of aromatic nitrogens is 6. The summed E-state index contributed by atoms with van der Waals surface area (Å²) in [4.78, 5) is 19.4. The third-order valence-corrected chi connectivity index (χ3v) is 5.47. The number of likely N-dealkylation sites (tertiary alicyclic amines) is 1. The van der Waals surface area contributed by atoms with Crippen molar-refractivity contribution in [2.24, 2.45) is 7.05 Å². The van der Waals surface area contributed by atoms with Crippen molar-refractivity contribution in [2.45, 2.75) is 52.6 Å². The fraction of sp³-hybridized carbons (Fsp3) is 0.579. The number of fused-ring (bicyclic) bond motifs is 1. The minimum Gasteiger partial charge on any atom is -0.298 e. The first-order valence-electron chi connectivity index (χ1n) is 9.65. The number of nitrogens with zero attached hydrogens (tertiary/aromatic N) is 7. The monoisotopic (exact) mass is 369 g/mol. The van der Waals surface area contributed by atoms with E-state index in [-0.39, 0.29) is 11.6 Å². The van der Waals surface area contributed by atoms with Gasteiger partial charge in [0.15, 0.2) is 5.65 Å². The van der Waals surface area contributed by atoms with Crippen LogP contribution in [0.5, 0.6) is 0 Å². The second-order valence-corrected chi connectivity index (χ2v) is 7.53. The second-order valence-electron chi connectivity index (χ2n) is 7.53. The number of piperidine rings is 1. The molecule has 4 heterocycles. The van der Waals surface area contributed by atoms with Crippen LogP contribution >= 0.6 is 0 Å². The Hall–Kier alpha value is -2.48. The van der Waals surface area contributed by atoms with Crippen molar-refractivity contribution in [3.05, 3.63) is 45.5 Å². The Bertz CT molecular complexity index is 1030. The van der Waals surface area contributed by atoms with Gasteiger partial charge in [0, 0.05) is 49.6 Å². The Kier molecular flexibility index (Phi) is 4.59. The molecule has 0 radical (unpaired) electrons. The molecule has 1 aliphatic heterocycles. The van der Waals surface area contributed by atoms with Gasteiger partial charge in [0.2, 0.25) is 0 Å². The predicted molar refractivity (Wildman–Crippen MR) is 103 cm³/mol. The van der Waals surface area contributed by atoms with Crippen LogP contribution in [0.2, 0.25) is 0 Å². The van der Waals surface area contributed by atoms with E-state index in [0.29, 0.717) is 6.54 Å². The minimum atomic E-state index is -0.0256. The van der Waals surface area contributed by atoms with Crippen LogP contribution in [0.25, 0.3) is 5.65 Å². The average molecular weight is 369 g/mol. The van der Waals surface area contributed by atoms with Gasteiger partial charge in [-0.3, -0.25) is 9.47 Å². The van der Waals surface area contributed by atoms with Gasteiger partial charge in [0.1, 0.15) is 5.82 Å². The van der Waals surface area contributed by atoms with Crippen molar-refractivity contribution in [3.63, 3.8) is 0 Å². The van der Waals surface area contributed by atoms with Crippen molar-refractivity contribution in [1.82, 2.24) is 33.8 Å². The fourth-order valence-electron chi connectivity index (χ4n) is 4.20. The molecule has 0 unspecified atom stereocenters. The molecule has 1 fully saturated rings. The highest BCUT2D eigenvalue weighted by Crippen LogP contribution is 2.26. The minimum absolute atomic E-state index is 0.0256. The van der Waals surface area contributed by atoms with E-state index in [0.717, 1.165) is 60.9 Å². The molecular weight excluding hydrogens is 342 g/mol. The summed E-state index contributed by atoms with van der Waals surface area (Å²) >= 11 is 0. The summed E-state index contributed by atoms with van der Waals surface area (Å²) in [5, 5.41) is 9.03. The van der Waals surface area contributed by atoms with E-state index in [4.69, 9.17) is 4.98 Å². The molecule has 144 valence electrons. The van der Waals surface area contributed by atoms with E-state index in [1.54, 1.807) is 11.6 Å². The van der Waals surface area contributed by atoms with Crippen LogP contribution in [0.1, 0.15) is 48.5 Å². The smallest absolute Gasteiger partial charge is 0.298 e. The Morgan fingerprint density at radius 2 is 2.11 bits per heavy atom. The van der Waals surface area contributed by atoms with Crippen molar-refractivity contribution in [2.75, 3.05) is 13.1 Å². The lowest BCUT2D eigenvalue weighted by Crippen LogP contribution is -2.35. The van der Waals surface area contributed by atoms with Crippen LogP contribution in [0.4, 0.5) is 0 Å². The summed E-state index contributed by atoms with van der Waals surface area (Å²) in [5.41, 5.74) is 4.18. The molecule has 3 aromatic heterocycles. The number of hydrogen-bond donors (Lipinski definition) is 0. The largest absolute Gasteiger partial charge is 0.345 e. The highest BCUT2D eigenvalue weighted by Gasteiger charge is 2.27. The molecule has 1 aliphatic rings. The van der Waals surface area contributed by atoms with Gasteiger partial charge in [0.25, 0.3) is 0 Å². The summed E-state index contributed by atoms with van der Waals surface area (Å²) in [6, 6.07) is 2.05. The molecule has 0 N–H and O–H groups in total. The van der Waals surface area contributed by atoms with Gasteiger partial charge in [-0.15, -0.1) is 0 Å². The summed E-state index contributed by atoms with van der Waals surface area (Å²) in [6.45, 7) is 9.50. The average Bonchev–Trinajstić information content (AvgIpc) is 3.17. The predicted octanol–water partition coefficient (Wildman–Crippen LogP) is 1.64. The highest BCUT2D eigenvalue weighted by molar-refractivity contribution is 5.47. The molecule has 0 amide bonds. The van der Waals surface area contributed by atoms with Crippen LogP contribution < -0.4 is 5.69 Å². The molecule has 3 aromatic rings. The van der Waals surface area contributed by atoms with E-state index >= 15 is 0 Å². The van der Waals surface area contributed by atoms with E-state index in [2.05, 4.69) is 22.0 Å². The third kappa shape index (κ3) is 3.18. The van der Waals surface area contributed by atoms with Gasteiger partial charge in [0.05, 0.1) is 6.20 Å². The quantitative estimate of drug-likeness (QED) is 0.699. The Labute approximate surface area is 158 Å². The van der Waals surface area contributed by atoms with E-state index in [1.807, 2.05) is 30.6 Å². The summed E-state index contributed by atoms with van der Waals surface area (Å²) < 4.78 is 5.17. The first kappa shape index (κ1) is 17.9. The van der Waals surface area contributed by atoms with E-state index < -0.39 is 0 Å². The van der Waals surface area contributed by atoms with Crippen LogP contribution in [0.15, 0.2) is 17.1 Å². The lowest BCUT2D eigenvalue weighted by atomic mass is 9.97. The first-order chi connectivity index (χ1) is 13.0. The maximum atomic E-state index is 12.2. The maximum Gasteiger partial charge on any atom is 0.345 e. The van der Waals surface area contributed by atoms with Crippen molar-refractivity contribution in [1.29, 1.82) is 0 Å². The maximum absolute atomic E-state index is 12.2. The molecule has 0 bridgehead atoms. The van der Waals surface area contributed by atoms with Crippen molar-refractivity contribution < 1.29 is 0 Å². The second kappa shape index (κ2) is 6.92. The lowest BCUT2D eigenvalue weighted by molar-refractivity contribution is 0.195. The molecular formula is C19H27N7O. The normalized spacial score (nSPS) is 18.4. The van der Waals surface area contributed by atoms with Gasteiger partial charge in [-0.05, 0) is 46.2 Å².